The lowest BCUT2D eigenvalue weighted by Gasteiger charge is -2.04. The number of thioether (sulfide) groups is 1. The Bertz CT molecular complexity index is 677. The van der Waals surface area contributed by atoms with Gasteiger partial charge in [0.25, 0.3) is 0 Å². The highest BCUT2D eigenvalue weighted by atomic mass is 32.2. The lowest BCUT2D eigenvalue weighted by atomic mass is 10.3. The van der Waals surface area contributed by atoms with Crippen molar-refractivity contribution in [3.8, 4) is 0 Å². The van der Waals surface area contributed by atoms with Crippen LogP contribution in [-0.4, -0.2) is 33.5 Å². The van der Waals surface area contributed by atoms with Crippen LogP contribution in [0, 0.1) is 0 Å². The van der Waals surface area contributed by atoms with Gasteiger partial charge in [-0.2, -0.15) is 0 Å². The van der Waals surface area contributed by atoms with Crippen molar-refractivity contribution in [2.45, 2.75) is 23.9 Å². The number of hydrogen-bond donors (Lipinski definition) is 0. The molecule has 0 bridgehead atoms. The van der Waals surface area contributed by atoms with Crippen molar-refractivity contribution in [2.24, 2.45) is 0 Å². The number of aryl methyl sites for hydroxylation is 1. The van der Waals surface area contributed by atoms with Crippen molar-refractivity contribution in [2.75, 3.05) is 13.7 Å². The first kappa shape index (κ1) is 14.5. The number of methoxy groups -OCH3 is 1. The fourth-order valence-corrected chi connectivity index (χ4v) is 3.90. The minimum atomic E-state index is 0.750. The van der Waals surface area contributed by atoms with E-state index < -0.39 is 0 Å². The van der Waals surface area contributed by atoms with Crippen molar-refractivity contribution >= 4 is 33.3 Å². The summed E-state index contributed by atoms with van der Waals surface area (Å²) in [4.78, 5) is 4.64. The van der Waals surface area contributed by atoms with Crippen LogP contribution in [0.2, 0.25) is 0 Å². The molecule has 0 aliphatic rings. The largest absolute Gasteiger partial charge is 0.385 e. The Kier molecular flexibility index (Phi) is 4.84. The van der Waals surface area contributed by atoms with E-state index in [0.717, 1.165) is 41.0 Å². The molecule has 0 aliphatic heterocycles. The molecule has 0 N–H and O–H groups in total. The minimum absolute atomic E-state index is 0.750. The Morgan fingerprint density at radius 2 is 2.24 bits per heavy atom. The van der Waals surface area contributed by atoms with Crippen LogP contribution in [0.5, 0.6) is 0 Å². The smallest absolute Gasteiger partial charge is 0.191 e. The molecule has 0 fully saturated rings. The molecule has 0 amide bonds. The van der Waals surface area contributed by atoms with Crippen LogP contribution in [0.3, 0.4) is 0 Å². The highest BCUT2D eigenvalue weighted by Crippen LogP contribution is 2.27. The van der Waals surface area contributed by atoms with Gasteiger partial charge in [0.2, 0.25) is 0 Å². The van der Waals surface area contributed by atoms with Gasteiger partial charge in [0.15, 0.2) is 5.16 Å². The van der Waals surface area contributed by atoms with Crippen LogP contribution in [0.15, 0.2) is 35.7 Å². The normalized spacial score (nSPS) is 11.3. The minimum Gasteiger partial charge on any atom is -0.385 e. The molecular weight excluding hydrogens is 304 g/mol. The average molecular weight is 320 g/mol. The summed E-state index contributed by atoms with van der Waals surface area (Å²) in [6.07, 6.45) is 2.74. The second-order valence-corrected chi connectivity index (χ2v) is 6.57. The average Bonchev–Trinajstić information content (AvgIpc) is 3.11. The van der Waals surface area contributed by atoms with E-state index in [1.54, 1.807) is 36.5 Å². The van der Waals surface area contributed by atoms with Crippen LogP contribution in [0.25, 0.3) is 10.2 Å². The first-order chi connectivity index (χ1) is 10.4. The number of ether oxygens (including phenoxy) is 1. The maximum Gasteiger partial charge on any atom is 0.191 e. The third kappa shape index (κ3) is 3.61. The first-order valence-corrected chi connectivity index (χ1v) is 8.51. The second-order valence-electron chi connectivity index (χ2n) is 4.52. The highest BCUT2D eigenvalue weighted by Gasteiger charge is 2.08. The number of hydrogen-bond acceptors (Lipinski definition) is 6. The van der Waals surface area contributed by atoms with E-state index in [1.807, 2.05) is 18.2 Å². The summed E-state index contributed by atoms with van der Waals surface area (Å²) in [6, 6.07) is 8.22. The standard InChI is InChI=1S/C14H16N4OS2/c1-19-8-4-7-18-10-15-17-14(18)20-9-13-16-11-5-2-3-6-12(11)21-13/h2-3,5-6,10H,4,7-9H2,1H3. The van der Waals surface area contributed by atoms with Gasteiger partial charge in [-0.15, -0.1) is 21.5 Å². The van der Waals surface area contributed by atoms with Crippen molar-refractivity contribution in [1.29, 1.82) is 0 Å². The summed E-state index contributed by atoms with van der Waals surface area (Å²) in [5, 5.41) is 10.2. The number of thiazole rings is 1. The van der Waals surface area contributed by atoms with Gasteiger partial charge in [-0.3, -0.25) is 0 Å². The van der Waals surface area contributed by atoms with Crippen LogP contribution in [0.4, 0.5) is 0 Å². The molecule has 0 unspecified atom stereocenters. The van der Waals surface area contributed by atoms with Crippen molar-refractivity contribution in [3.05, 3.63) is 35.6 Å². The predicted molar refractivity (Wildman–Crippen MR) is 85.7 cm³/mol. The maximum absolute atomic E-state index is 5.07. The lowest BCUT2D eigenvalue weighted by molar-refractivity contribution is 0.189. The molecule has 0 saturated carbocycles. The molecule has 2 aromatic heterocycles. The van der Waals surface area contributed by atoms with Gasteiger partial charge in [0.1, 0.15) is 11.3 Å². The fraction of sp³-hybridized carbons (Fsp3) is 0.357. The topological polar surface area (TPSA) is 52.8 Å². The molecule has 110 valence electrons. The Morgan fingerprint density at radius 1 is 1.33 bits per heavy atom. The summed E-state index contributed by atoms with van der Waals surface area (Å²) in [6.45, 7) is 1.63. The summed E-state index contributed by atoms with van der Waals surface area (Å²) < 4.78 is 8.37. The van der Waals surface area contributed by atoms with Crippen molar-refractivity contribution in [3.63, 3.8) is 0 Å². The van der Waals surface area contributed by atoms with Gasteiger partial charge in [-0.25, -0.2) is 4.98 Å². The Balaban J connectivity index is 1.63. The third-order valence-electron chi connectivity index (χ3n) is 2.99. The molecule has 1 aromatic carbocycles. The Hall–Kier alpha value is -1.44. The lowest BCUT2D eigenvalue weighted by Crippen LogP contribution is -2.02. The number of benzene rings is 1. The van der Waals surface area contributed by atoms with Crippen LogP contribution < -0.4 is 0 Å². The van der Waals surface area contributed by atoms with Gasteiger partial charge >= 0.3 is 0 Å². The molecule has 0 saturated heterocycles. The van der Waals surface area contributed by atoms with Gasteiger partial charge < -0.3 is 9.30 Å². The van der Waals surface area contributed by atoms with E-state index in [1.165, 1.54) is 4.70 Å². The molecule has 3 rings (SSSR count). The zero-order chi connectivity index (χ0) is 14.5. The molecule has 0 radical (unpaired) electrons. The number of fused-ring (bicyclic) bond motifs is 1. The molecule has 0 spiro atoms. The summed E-state index contributed by atoms with van der Waals surface area (Å²) in [7, 11) is 1.72. The summed E-state index contributed by atoms with van der Waals surface area (Å²) >= 11 is 3.41. The zero-order valence-electron chi connectivity index (χ0n) is 11.7. The summed E-state index contributed by atoms with van der Waals surface area (Å²) in [5.41, 5.74) is 1.07. The molecular formula is C14H16N4OS2. The monoisotopic (exact) mass is 320 g/mol. The second kappa shape index (κ2) is 7.02. The van der Waals surface area contributed by atoms with Crippen molar-refractivity contribution < 1.29 is 4.74 Å². The van der Waals surface area contributed by atoms with Crippen molar-refractivity contribution in [1.82, 2.24) is 19.7 Å². The van der Waals surface area contributed by atoms with Crippen LogP contribution >= 0.6 is 23.1 Å². The summed E-state index contributed by atoms with van der Waals surface area (Å²) in [5.74, 6) is 0.822. The highest BCUT2D eigenvalue weighted by molar-refractivity contribution is 7.98. The van der Waals surface area contributed by atoms with E-state index in [0.29, 0.717) is 0 Å². The predicted octanol–water partition coefficient (Wildman–Crippen LogP) is 3.22. The molecule has 21 heavy (non-hydrogen) atoms. The van der Waals surface area contributed by atoms with Gasteiger partial charge in [-0.05, 0) is 18.6 Å². The quantitative estimate of drug-likeness (QED) is 0.494. The molecule has 2 heterocycles. The molecule has 0 atom stereocenters. The molecule has 5 nitrogen and oxygen atoms in total. The Labute approximate surface area is 131 Å². The molecule has 3 aromatic rings. The fourth-order valence-electron chi connectivity index (χ4n) is 2.00. The molecule has 7 heteroatoms. The number of para-hydroxylation sites is 1. The van der Waals surface area contributed by atoms with E-state index >= 15 is 0 Å². The number of aromatic nitrogens is 4. The number of nitrogens with zero attached hydrogens (tertiary/aromatic N) is 4. The van der Waals surface area contributed by atoms with Crippen LogP contribution in [-0.2, 0) is 17.0 Å². The van der Waals surface area contributed by atoms with Gasteiger partial charge in [0, 0.05) is 20.3 Å². The zero-order valence-corrected chi connectivity index (χ0v) is 13.4. The van der Waals surface area contributed by atoms with E-state index in [2.05, 4.69) is 25.8 Å². The first-order valence-electron chi connectivity index (χ1n) is 6.71. The number of rotatable bonds is 7. The van der Waals surface area contributed by atoms with E-state index in [-0.39, 0.29) is 0 Å². The SMILES string of the molecule is COCCCn1cnnc1SCc1nc2ccccc2s1. The van der Waals surface area contributed by atoms with Gasteiger partial charge in [0.05, 0.1) is 16.0 Å². The van der Waals surface area contributed by atoms with Gasteiger partial charge in [-0.1, -0.05) is 23.9 Å². The maximum atomic E-state index is 5.07. The third-order valence-corrected chi connectivity index (χ3v) is 5.20. The van der Waals surface area contributed by atoms with E-state index in [4.69, 9.17) is 4.74 Å². The Morgan fingerprint density at radius 3 is 3.10 bits per heavy atom. The van der Waals surface area contributed by atoms with Crippen LogP contribution in [0.1, 0.15) is 11.4 Å². The molecule has 0 aliphatic carbocycles. The van der Waals surface area contributed by atoms with E-state index in [9.17, 15) is 0 Å².